The summed E-state index contributed by atoms with van der Waals surface area (Å²) >= 11 is 0. The molecule has 424 valence electrons. The zero-order valence-corrected chi connectivity index (χ0v) is 48.8. The van der Waals surface area contributed by atoms with Crippen molar-refractivity contribution in [2.24, 2.45) is 0 Å². The van der Waals surface area contributed by atoms with Crippen LogP contribution in [0.25, 0.3) is 0 Å². The molecule has 0 rings (SSSR count). The summed E-state index contributed by atoms with van der Waals surface area (Å²) in [5.74, 6) is 0. The third-order valence-electron chi connectivity index (χ3n) is 13.7. The van der Waals surface area contributed by atoms with Crippen LogP contribution in [0, 0.1) is 0 Å². The summed E-state index contributed by atoms with van der Waals surface area (Å²) < 4.78 is 44.1. The number of unbranched alkanes of at least 4 members (excludes halogenated alkanes) is 34. The number of hydrogen-bond donors (Lipinski definition) is 0. The van der Waals surface area contributed by atoms with E-state index in [-0.39, 0.29) is 25.2 Å². The summed E-state index contributed by atoms with van der Waals surface area (Å²) in [4.78, 5) is 0. The third kappa shape index (κ3) is 55.3. The van der Waals surface area contributed by atoms with Crippen molar-refractivity contribution in [2.45, 2.75) is 349 Å². The van der Waals surface area contributed by atoms with Crippen molar-refractivity contribution in [2.75, 3.05) is 39.6 Å². The van der Waals surface area contributed by atoms with E-state index in [4.69, 9.17) is 33.2 Å². The average molecular weight is 1010 g/mol. The van der Waals surface area contributed by atoms with Crippen LogP contribution < -0.4 is 0 Å². The Labute approximate surface area is 444 Å². The standard InChI is InChI=1S/C64H126O7/c1-7-13-19-21-33-39-49-59-69-63(53-43-37-31-27-23-25-29-35-41-51-61(65-55-45-15-9-3)66-56-46-16-10-4)71-64(70-60-50-40-34-22-20-14-8-2)54-44-38-32-28-24-26-30-36-42-52-62(67-57-47-17-11-5)68-58-48-18-12-6/h43-44,53-54,61-64H,7-42,45-52,55-60H2,1-6H3. The fourth-order valence-corrected chi connectivity index (χ4v) is 8.96. The Kier molecular flexibility index (Phi) is 61.0. The topological polar surface area (TPSA) is 64.6 Å². The van der Waals surface area contributed by atoms with Crippen molar-refractivity contribution >= 4 is 0 Å². The minimum absolute atomic E-state index is 0.0161. The van der Waals surface area contributed by atoms with Crippen LogP contribution in [0.5, 0.6) is 0 Å². The molecule has 71 heavy (non-hydrogen) atoms. The molecule has 0 radical (unpaired) electrons. The number of hydrogen-bond acceptors (Lipinski definition) is 7. The Morgan fingerprint density at radius 2 is 0.465 bits per heavy atom. The molecule has 0 amide bonds. The lowest BCUT2D eigenvalue weighted by Crippen LogP contribution is -2.25. The Morgan fingerprint density at radius 1 is 0.239 bits per heavy atom. The molecule has 0 N–H and O–H groups in total. The molecule has 7 heteroatoms. The first-order chi connectivity index (χ1) is 35.1. The van der Waals surface area contributed by atoms with E-state index in [0.29, 0.717) is 0 Å². The Balaban J connectivity index is 5.03. The lowest BCUT2D eigenvalue weighted by Gasteiger charge is -2.22. The van der Waals surface area contributed by atoms with Crippen LogP contribution >= 0.6 is 0 Å². The van der Waals surface area contributed by atoms with E-state index >= 15 is 0 Å². The summed E-state index contributed by atoms with van der Waals surface area (Å²) in [6.07, 6.45) is 62.4. The average Bonchev–Trinajstić information content (AvgIpc) is 3.38. The lowest BCUT2D eigenvalue weighted by molar-refractivity contribution is -0.208. The van der Waals surface area contributed by atoms with Gasteiger partial charge in [-0.05, 0) is 102 Å². The van der Waals surface area contributed by atoms with Gasteiger partial charge in [0.05, 0.1) is 13.2 Å². The minimum atomic E-state index is -0.385. The molecule has 0 spiro atoms. The second-order valence-corrected chi connectivity index (χ2v) is 21.0. The van der Waals surface area contributed by atoms with Gasteiger partial charge in [-0.2, -0.15) is 0 Å². The van der Waals surface area contributed by atoms with Crippen molar-refractivity contribution in [3.63, 3.8) is 0 Å². The zero-order chi connectivity index (χ0) is 51.4. The van der Waals surface area contributed by atoms with E-state index in [1.165, 1.54) is 218 Å². The van der Waals surface area contributed by atoms with Crippen LogP contribution in [-0.2, 0) is 33.2 Å². The quantitative estimate of drug-likeness (QED) is 0.0342. The first-order valence-corrected chi connectivity index (χ1v) is 31.8. The molecule has 0 bridgehead atoms. The highest BCUT2D eigenvalue weighted by Crippen LogP contribution is 2.18. The SMILES string of the molecule is CCCCCCCCCOC(C=CCCCCCCCCCC(OCCCCC)OCCCCC)OC(C=CCCCCCCCCCC(OCCCCC)OCCCCC)OCCCCCCCCC. The molecule has 0 saturated carbocycles. The van der Waals surface area contributed by atoms with Crippen LogP contribution in [0.1, 0.15) is 324 Å². The Hall–Kier alpha value is -0.800. The second-order valence-electron chi connectivity index (χ2n) is 21.0. The highest BCUT2D eigenvalue weighted by atomic mass is 16.8. The fourth-order valence-electron chi connectivity index (χ4n) is 8.96. The van der Waals surface area contributed by atoms with E-state index in [9.17, 15) is 0 Å². The highest BCUT2D eigenvalue weighted by Gasteiger charge is 2.15. The number of allylic oxidation sites excluding steroid dienone is 2. The van der Waals surface area contributed by atoms with Crippen molar-refractivity contribution in [1.29, 1.82) is 0 Å². The van der Waals surface area contributed by atoms with Crippen LogP contribution in [-0.4, -0.2) is 64.8 Å². The van der Waals surface area contributed by atoms with Gasteiger partial charge < -0.3 is 33.2 Å². The van der Waals surface area contributed by atoms with Crippen molar-refractivity contribution in [1.82, 2.24) is 0 Å². The van der Waals surface area contributed by atoms with Gasteiger partial charge in [0, 0.05) is 26.4 Å². The van der Waals surface area contributed by atoms with E-state index in [0.717, 1.165) is 104 Å². The van der Waals surface area contributed by atoms with Gasteiger partial charge in [-0.25, -0.2) is 0 Å². The minimum Gasteiger partial charge on any atom is -0.353 e. The van der Waals surface area contributed by atoms with E-state index in [2.05, 4.69) is 65.8 Å². The van der Waals surface area contributed by atoms with Gasteiger partial charge >= 0.3 is 0 Å². The van der Waals surface area contributed by atoms with E-state index in [1.54, 1.807) is 0 Å². The van der Waals surface area contributed by atoms with E-state index in [1.807, 2.05) is 0 Å². The number of rotatable bonds is 62. The molecule has 0 aliphatic heterocycles. The predicted octanol–water partition coefficient (Wildman–Crippen LogP) is 20.8. The third-order valence-corrected chi connectivity index (χ3v) is 13.7. The van der Waals surface area contributed by atoms with Gasteiger partial charge in [0.2, 0.25) is 0 Å². The van der Waals surface area contributed by atoms with Crippen LogP contribution in [0.3, 0.4) is 0 Å². The van der Waals surface area contributed by atoms with E-state index < -0.39 is 0 Å². The van der Waals surface area contributed by atoms with Crippen molar-refractivity contribution in [3.05, 3.63) is 24.3 Å². The smallest absolute Gasteiger partial charge is 0.180 e. The second kappa shape index (κ2) is 61.7. The molecule has 0 aromatic rings. The molecular formula is C64H126O7. The molecule has 0 aliphatic rings. The molecule has 0 fully saturated rings. The predicted molar refractivity (Wildman–Crippen MR) is 307 cm³/mol. The zero-order valence-electron chi connectivity index (χ0n) is 48.8. The van der Waals surface area contributed by atoms with Crippen LogP contribution in [0.15, 0.2) is 24.3 Å². The molecular weight excluding hydrogens is 881 g/mol. The summed E-state index contributed by atoms with van der Waals surface area (Å²) in [7, 11) is 0. The van der Waals surface area contributed by atoms with Gasteiger partial charge in [-0.1, -0.05) is 246 Å². The van der Waals surface area contributed by atoms with Crippen molar-refractivity contribution < 1.29 is 33.2 Å². The first-order valence-electron chi connectivity index (χ1n) is 31.8. The molecule has 2 atom stereocenters. The molecule has 0 aromatic heterocycles. The summed E-state index contributed by atoms with van der Waals surface area (Å²) in [6, 6.07) is 0. The number of ether oxygens (including phenoxy) is 7. The monoisotopic (exact) mass is 1010 g/mol. The van der Waals surface area contributed by atoms with Gasteiger partial charge in [0.25, 0.3) is 0 Å². The molecule has 0 saturated heterocycles. The maximum atomic E-state index is 6.64. The maximum Gasteiger partial charge on any atom is 0.180 e. The van der Waals surface area contributed by atoms with Crippen molar-refractivity contribution in [3.8, 4) is 0 Å². The Bertz CT molecular complexity index is 919. The molecule has 7 nitrogen and oxygen atoms in total. The summed E-state index contributed by atoms with van der Waals surface area (Å²) in [6.45, 7) is 18.4. The normalized spacial score (nSPS) is 13.1. The van der Waals surface area contributed by atoms with Gasteiger partial charge in [0.1, 0.15) is 0 Å². The molecule has 2 unspecified atom stereocenters. The fraction of sp³-hybridized carbons (Fsp3) is 0.938. The molecule has 0 aromatic carbocycles. The lowest BCUT2D eigenvalue weighted by atomic mass is 10.1. The van der Waals surface area contributed by atoms with Gasteiger partial charge in [-0.3, -0.25) is 0 Å². The first kappa shape index (κ1) is 70.2. The maximum absolute atomic E-state index is 6.64. The van der Waals surface area contributed by atoms with Gasteiger partial charge in [0.15, 0.2) is 25.2 Å². The van der Waals surface area contributed by atoms with Crippen LogP contribution in [0.4, 0.5) is 0 Å². The highest BCUT2D eigenvalue weighted by molar-refractivity contribution is 4.90. The largest absolute Gasteiger partial charge is 0.353 e. The summed E-state index contributed by atoms with van der Waals surface area (Å²) in [5.41, 5.74) is 0. The van der Waals surface area contributed by atoms with Gasteiger partial charge in [-0.15, -0.1) is 0 Å². The van der Waals surface area contributed by atoms with Crippen LogP contribution in [0.2, 0.25) is 0 Å². The summed E-state index contributed by atoms with van der Waals surface area (Å²) in [5, 5.41) is 0. The Morgan fingerprint density at radius 3 is 0.775 bits per heavy atom. The molecule has 0 aliphatic carbocycles. The molecule has 0 heterocycles.